The molecule has 0 saturated carbocycles. The zero-order chi connectivity index (χ0) is 12.3. The molecule has 0 amide bonds. The minimum absolute atomic E-state index is 0.139. The van der Waals surface area contributed by atoms with Crippen LogP contribution in [0.1, 0.15) is 37.1 Å². The van der Waals surface area contributed by atoms with Crippen LogP contribution in [0.4, 0.5) is 4.39 Å². The summed E-state index contributed by atoms with van der Waals surface area (Å²) in [6.07, 6.45) is 0. The topological polar surface area (TPSA) is 12.0 Å². The van der Waals surface area contributed by atoms with Gasteiger partial charge >= 0.3 is 0 Å². The van der Waals surface area contributed by atoms with E-state index in [1.165, 1.54) is 11.6 Å². The van der Waals surface area contributed by atoms with E-state index in [1.54, 1.807) is 23.5 Å². The number of benzene rings is 1. The summed E-state index contributed by atoms with van der Waals surface area (Å²) in [5.41, 5.74) is 2.25. The van der Waals surface area contributed by atoms with E-state index in [1.807, 2.05) is 6.07 Å². The van der Waals surface area contributed by atoms with E-state index >= 15 is 0 Å². The van der Waals surface area contributed by atoms with Gasteiger partial charge in [0.1, 0.15) is 5.82 Å². The molecule has 2 aromatic rings. The second-order valence-electron chi connectivity index (χ2n) is 4.22. The van der Waals surface area contributed by atoms with Crippen molar-refractivity contribution >= 4 is 11.3 Å². The van der Waals surface area contributed by atoms with Crippen molar-refractivity contribution in [2.24, 2.45) is 0 Å². The summed E-state index contributed by atoms with van der Waals surface area (Å²) in [4.78, 5) is 0. The molecule has 1 nitrogen and oxygen atoms in total. The molecule has 0 aliphatic carbocycles. The summed E-state index contributed by atoms with van der Waals surface area (Å²) in [6, 6.07) is 9.27. The van der Waals surface area contributed by atoms with Crippen LogP contribution in [-0.2, 0) is 0 Å². The third kappa shape index (κ3) is 3.14. The van der Waals surface area contributed by atoms with Crippen LogP contribution in [0.15, 0.2) is 41.1 Å². The van der Waals surface area contributed by atoms with Crippen LogP contribution >= 0.6 is 11.3 Å². The Labute approximate surface area is 105 Å². The maximum Gasteiger partial charge on any atom is 0.123 e. The molecule has 0 radical (unpaired) electrons. The van der Waals surface area contributed by atoms with E-state index in [9.17, 15) is 4.39 Å². The first kappa shape index (κ1) is 12.3. The van der Waals surface area contributed by atoms with E-state index in [-0.39, 0.29) is 17.9 Å². The molecule has 1 aromatic heterocycles. The zero-order valence-electron chi connectivity index (χ0n) is 9.98. The number of rotatable bonds is 4. The lowest BCUT2D eigenvalue weighted by atomic mass is 10.1. The van der Waals surface area contributed by atoms with Crippen molar-refractivity contribution in [3.63, 3.8) is 0 Å². The molecule has 2 rings (SSSR count). The minimum atomic E-state index is -0.181. The summed E-state index contributed by atoms with van der Waals surface area (Å²) in [6.45, 7) is 4.18. The number of hydrogen-bond acceptors (Lipinski definition) is 2. The molecule has 0 aliphatic rings. The summed E-state index contributed by atoms with van der Waals surface area (Å²) >= 11 is 1.69. The Balaban J connectivity index is 2.04. The van der Waals surface area contributed by atoms with Crippen LogP contribution in [0.3, 0.4) is 0 Å². The first-order valence-electron chi connectivity index (χ1n) is 5.70. The molecule has 0 saturated heterocycles. The minimum Gasteiger partial charge on any atom is -0.304 e. The molecule has 3 heteroatoms. The lowest BCUT2D eigenvalue weighted by Gasteiger charge is -2.19. The molecule has 0 bridgehead atoms. The van der Waals surface area contributed by atoms with Crippen LogP contribution in [0.25, 0.3) is 0 Å². The second kappa shape index (κ2) is 5.43. The Kier molecular flexibility index (Phi) is 3.92. The number of thiophene rings is 1. The summed E-state index contributed by atoms with van der Waals surface area (Å²) in [5, 5.41) is 7.67. The summed E-state index contributed by atoms with van der Waals surface area (Å²) in [5.74, 6) is -0.181. The van der Waals surface area contributed by atoms with Gasteiger partial charge in [-0.25, -0.2) is 4.39 Å². The van der Waals surface area contributed by atoms with Gasteiger partial charge in [0, 0.05) is 12.1 Å². The van der Waals surface area contributed by atoms with Crippen LogP contribution in [-0.4, -0.2) is 0 Å². The predicted octanol–water partition coefficient (Wildman–Crippen LogP) is 4.30. The van der Waals surface area contributed by atoms with Crippen molar-refractivity contribution < 1.29 is 4.39 Å². The summed E-state index contributed by atoms with van der Waals surface area (Å²) < 4.78 is 13.1. The lowest BCUT2D eigenvalue weighted by molar-refractivity contribution is 0.493. The van der Waals surface area contributed by atoms with E-state index in [4.69, 9.17) is 0 Å². The van der Waals surface area contributed by atoms with Gasteiger partial charge in [0.2, 0.25) is 0 Å². The van der Waals surface area contributed by atoms with Crippen molar-refractivity contribution in [1.29, 1.82) is 0 Å². The van der Waals surface area contributed by atoms with Gasteiger partial charge in [0.15, 0.2) is 0 Å². The van der Waals surface area contributed by atoms with Crippen molar-refractivity contribution in [2.75, 3.05) is 0 Å². The first-order valence-corrected chi connectivity index (χ1v) is 6.64. The maximum absolute atomic E-state index is 13.1. The van der Waals surface area contributed by atoms with Gasteiger partial charge in [-0.1, -0.05) is 12.1 Å². The normalized spacial score (nSPS) is 14.5. The molecule has 1 N–H and O–H groups in total. The number of hydrogen-bond donors (Lipinski definition) is 1. The molecular weight excluding hydrogens is 233 g/mol. The number of halogens is 1. The number of nitrogens with one attached hydrogen (secondary N) is 1. The van der Waals surface area contributed by atoms with Crippen molar-refractivity contribution in [1.82, 2.24) is 5.32 Å². The van der Waals surface area contributed by atoms with Crippen LogP contribution in [0.2, 0.25) is 0 Å². The van der Waals surface area contributed by atoms with Gasteiger partial charge in [-0.3, -0.25) is 0 Å². The largest absolute Gasteiger partial charge is 0.304 e. The molecule has 1 aromatic carbocycles. The molecule has 0 spiro atoms. The molecule has 1 unspecified atom stereocenters. The van der Waals surface area contributed by atoms with Crippen LogP contribution < -0.4 is 5.32 Å². The van der Waals surface area contributed by atoms with Gasteiger partial charge in [0.05, 0.1) is 0 Å². The Bertz CT molecular complexity index is 467. The Morgan fingerprint density at radius 2 is 1.88 bits per heavy atom. The average Bonchev–Trinajstić information content (AvgIpc) is 2.82. The molecule has 0 fully saturated rings. The lowest BCUT2D eigenvalue weighted by Crippen LogP contribution is -2.22. The van der Waals surface area contributed by atoms with Gasteiger partial charge in [0.25, 0.3) is 0 Å². The maximum atomic E-state index is 13.1. The van der Waals surface area contributed by atoms with Gasteiger partial charge in [-0.15, -0.1) is 0 Å². The van der Waals surface area contributed by atoms with E-state index in [0.717, 1.165) is 5.56 Å². The summed E-state index contributed by atoms with van der Waals surface area (Å²) in [7, 11) is 0. The van der Waals surface area contributed by atoms with E-state index in [2.05, 4.69) is 36.0 Å². The highest BCUT2D eigenvalue weighted by Crippen LogP contribution is 2.21. The van der Waals surface area contributed by atoms with Crippen LogP contribution in [0, 0.1) is 5.82 Å². The molecule has 90 valence electrons. The molecule has 1 heterocycles. The average molecular weight is 249 g/mol. The highest BCUT2D eigenvalue weighted by molar-refractivity contribution is 7.07. The zero-order valence-corrected chi connectivity index (χ0v) is 10.8. The van der Waals surface area contributed by atoms with Crippen molar-refractivity contribution in [2.45, 2.75) is 25.9 Å². The fourth-order valence-corrected chi connectivity index (χ4v) is 2.62. The van der Waals surface area contributed by atoms with Crippen molar-refractivity contribution in [3.8, 4) is 0 Å². The first-order chi connectivity index (χ1) is 8.16. The predicted molar refractivity (Wildman–Crippen MR) is 70.7 cm³/mol. The van der Waals surface area contributed by atoms with Gasteiger partial charge in [-0.05, 0) is 53.9 Å². The highest BCUT2D eigenvalue weighted by atomic mass is 32.1. The van der Waals surface area contributed by atoms with Gasteiger partial charge < -0.3 is 5.32 Å². The fourth-order valence-electron chi connectivity index (χ4n) is 1.86. The van der Waals surface area contributed by atoms with Gasteiger partial charge in [-0.2, -0.15) is 11.3 Å². The fraction of sp³-hybridized carbons (Fsp3) is 0.286. The third-order valence-electron chi connectivity index (χ3n) is 2.89. The highest BCUT2D eigenvalue weighted by Gasteiger charge is 2.11. The van der Waals surface area contributed by atoms with Crippen molar-refractivity contribution in [3.05, 3.63) is 58.0 Å². The smallest absolute Gasteiger partial charge is 0.123 e. The SMILES string of the molecule is CC(N[C@H](C)c1cccc(F)c1)c1ccsc1. The van der Waals surface area contributed by atoms with E-state index in [0.29, 0.717) is 0 Å². The molecule has 0 aliphatic heterocycles. The quantitative estimate of drug-likeness (QED) is 0.852. The molecule has 2 atom stereocenters. The third-order valence-corrected chi connectivity index (χ3v) is 3.59. The monoisotopic (exact) mass is 249 g/mol. The Hall–Kier alpha value is -1.19. The second-order valence-corrected chi connectivity index (χ2v) is 5.00. The standard InChI is InChI=1S/C14H16FNS/c1-10(12-4-3-5-14(15)8-12)16-11(2)13-6-7-17-9-13/h3-11,16H,1-2H3/t10-,11?/m1/s1. The Morgan fingerprint density at radius 1 is 1.12 bits per heavy atom. The Morgan fingerprint density at radius 3 is 2.53 bits per heavy atom. The van der Waals surface area contributed by atoms with E-state index < -0.39 is 0 Å². The molecule has 17 heavy (non-hydrogen) atoms. The molecular formula is C14H16FNS. The van der Waals surface area contributed by atoms with Crippen LogP contribution in [0.5, 0.6) is 0 Å².